The summed E-state index contributed by atoms with van der Waals surface area (Å²) in [6, 6.07) is 25.1. The largest absolute Gasteiger partial charge is 0.481 e. The van der Waals surface area contributed by atoms with Crippen molar-refractivity contribution in [3.8, 4) is 11.1 Å². The second kappa shape index (κ2) is 12.3. The third-order valence-corrected chi connectivity index (χ3v) is 7.18. The van der Waals surface area contributed by atoms with Crippen LogP contribution < -0.4 is 5.69 Å². The Kier molecular flexibility index (Phi) is 8.85. The summed E-state index contributed by atoms with van der Waals surface area (Å²) in [7, 11) is 0. The van der Waals surface area contributed by atoms with Crippen molar-refractivity contribution < 1.29 is 9.90 Å². The zero-order valence-corrected chi connectivity index (χ0v) is 23.5. The molecule has 0 aliphatic heterocycles. The Bertz CT molecular complexity index is 1460. The zero-order chi connectivity index (χ0) is 28.0. The summed E-state index contributed by atoms with van der Waals surface area (Å²) in [5.74, 6) is 0.0574. The molecule has 0 aliphatic rings. The van der Waals surface area contributed by atoms with Crippen molar-refractivity contribution in [3.63, 3.8) is 0 Å². The van der Waals surface area contributed by atoms with Crippen molar-refractivity contribution in [1.29, 1.82) is 0 Å². The van der Waals surface area contributed by atoms with Gasteiger partial charge in [0.25, 0.3) is 0 Å². The van der Waals surface area contributed by atoms with Gasteiger partial charge in [-0.05, 0) is 65.0 Å². The van der Waals surface area contributed by atoms with Crippen molar-refractivity contribution >= 4 is 5.97 Å². The number of nitrogens with zero attached hydrogens (tertiary/aromatic N) is 3. The van der Waals surface area contributed by atoms with E-state index in [9.17, 15) is 9.59 Å². The van der Waals surface area contributed by atoms with Crippen LogP contribution in [0.2, 0.25) is 0 Å². The molecule has 6 nitrogen and oxygen atoms in total. The van der Waals surface area contributed by atoms with E-state index in [0.717, 1.165) is 47.3 Å². The Morgan fingerprint density at radius 1 is 0.846 bits per heavy atom. The monoisotopic (exact) mass is 525 g/mol. The minimum Gasteiger partial charge on any atom is -0.481 e. The number of carboxylic acid groups (broad SMARTS) is 1. The Hall–Kier alpha value is -3.93. The van der Waals surface area contributed by atoms with Gasteiger partial charge >= 0.3 is 11.7 Å². The lowest BCUT2D eigenvalue weighted by Gasteiger charge is -2.19. The highest BCUT2D eigenvalue weighted by Gasteiger charge is 2.15. The normalized spacial score (nSPS) is 11.6. The SMILES string of the molecule is CCn1c(CCCc2ccc(-c3cccc(CCC(=O)O)c3)cc2)nn(Cc2ccc(C(C)(C)C)cc2)c1=O. The third kappa shape index (κ3) is 7.34. The number of benzene rings is 3. The highest BCUT2D eigenvalue weighted by atomic mass is 16.4. The van der Waals surface area contributed by atoms with Crippen LogP contribution in [0, 0.1) is 0 Å². The van der Waals surface area contributed by atoms with E-state index < -0.39 is 5.97 Å². The van der Waals surface area contributed by atoms with E-state index in [4.69, 9.17) is 10.2 Å². The lowest BCUT2D eigenvalue weighted by Crippen LogP contribution is -2.25. The average molecular weight is 526 g/mol. The molecule has 39 heavy (non-hydrogen) atoms. The van der Waals surface area contributed by atoms with Gasteiger partial charge in [0.1, 0.15) is 5.82 Å². The number of rotatable bonds is 11. The summed E-state index contributed by atoms with van der Waals surface area (Å²) >= 11 is 0. The molecule has 0 saturated carbocycles. The predicted octanol–water partition coefficient (Wildman–Crippen LogP) is 6.27. The standard InChI is InChI=1S/C33H39N3O3/c1-5-35-30(34-36(32(35)39)23-26-14-19-29(20-15-26)33(2,3)4)11-7-8-24-12-17-27(18-13-24)28-10-6-9-25(22-28)16-21-31(37)38/h6,9-10,12-15,17-20,22H,5,7-8,11,16,21,23H2,1-4H3,(H,37,38). The second-order valence-corrected chi connectivity index (χ2v) is 11.2. The van der Waals surface area contributed by atoms with Crippen LogP contribution >= 0.6 is 0 Å². The van der Waals surface area contributed by atoms with Crippen LogP contribution in [0.25, 0.3) is 11.1 Å². The van der Waals surface area contributed by atoms with Gasteiger partial charge in [0.2, 0.25) is 0 Å². The Labute approximate surface area is 231 Å². The molecule has 4 rings (SSSR count). The number of carbonyl (C=O) groups is 1. The highest BCUT2D eigenvalue weighted by molar-refractivity contribution is 5.68. The fourth-order valence-corrected chi connectivity index (χ4v) is 4.85. The molecule has 0 spiro atoms. The molecule has 0 atom stereocenters. The van der Waals surface area contributed by atoms with Crippen LogP contribution in [0.3, 0.4) is 0 Å². The topological polar surface area (TPSA) is 77.1 Å². The van der Waals surface area contributed by atoms with Gasteiger partial charge in [-0.1, -0.05) is 93.6 Å². The summed E-state index contributed by atoms with van der Waals surface area (Å²) in [6.45, 7) is 9.66. The predicted molar refractivity (Wildman–Crippen MR) is 156 cm³/mol. The number of hydrogen-bond donors (Lipinski definition) is 1. The molecule has 0 radical (unpaired) electrons. The molecule has 0 fully saturated rings. The van der Waals surface area contributed by atoms with E-state index in [1.165, 1.54) is 11.1 Å². The first-order chi connectivity index (χ1) is 18.6. The fourth-order valence-electron chi connectivity index (χ4n) is 4.85. The van der Waals surface area contributed by atoms with Crippen LogP contribution in [0.1, 0.15) is 68.6 Å². The molecule has 3 aromatic carbocycles. The minimum absolute atomic E-state index is 0.0534. The van der Waals surface area contributed by atoms with Crippen molar-refractivity contribution in [1.82, 2.24) is 14.3 Å². The summed E-state index contributed by atoms with van der Waals surface area (Å²) in [5, 5.41) is 13.6. The van der Waals surface area contributed by atoms with Crippen LogP contribution in [0.15, 0.2) is 77.6 Å². The first kappa shape index (κ1) is 28.1. The van der Waals surface area contributed by atoms with Gasteiger partial charge in [-0.2, -0.15) is 5.10 Å². The van der Waals surface area contributed by atoms with E-state index in [-0.39, 0.29) is 17.5 Å². The van der Waals surface area contributed by atoms with Gasteiger partial charge in [0, 0.05) is 19.4 Å². The fraction of sp³-hybridized carbons (Fsp3) is 0.364. The van der Waals surface area contributed by atoms with Gasteiger partial charge in [0.05, 0.1) is 6.54 Å². The number of aliphatic carboxylic acids is 1. The number of hydrogen-bond acceptors (Lipinski definition) is 3. The van der Waals surface area contributed by atoms with Crippen molar-refractivity contribution in [3.05, 3.63) is 111 Å². The molecule has 0 unspecified atom stereocenters. The first-order valence-electron chi connectivity index (χ1n) is 13.8. The van der Waals surface area contributed by atoms with Crippen LogP contribution in [-0.2, 0) is 42.6 Å². The molecule has 0 aliphatic carbocycles. The van der Waals surface area contributed by atoms with Crippen molar-refractivity contribution in [2.75, 3.05) is 0 Å². The Balaban J connectivity index is 1.37. The molecule has 0 amide bonds. The summed E-state index contributed by atoms with van der Waals surface area (Å²) in [4.78, 5) is 23.9. The lowest BCUT2D eigenvalue weighted by molar-refractivity contribution is -0.136. The minimum atomic E-state index is -0.779. The first-order valence-corrected chi connectivity index (χ1v) is 13.8. The lowest BCUT2D eigenvalue weighted by atomic mass is 9.87. The average Bonchev–Trinajstić information content (AvgIpc) is 3.21. The maximum absolute atomic E-state index is 13.0. The summed E-state index contributed by atoms with van der Waals surface area (Å²) in [6.07, 6.45) is 3.21. The van der Waals surface area contributed by atoms with Crippen molar-refractivity contribution in [2.24, 2.45) is 0 Å². The van der Waals surface area contributed by atoms with Crippen LogP contribution in [0.4, 0.5) is 0 Å². The third-order valence-electron chi connectivity index (χ3n) is 7.18. The van der Waals surface area contributed by atoms with Gasteiger partial charge in [0.15, 0.2) is 0 Å². The maximum Gasteiger partial charge on any atom is 0.346 e. The quantitative estimate of drug-likeness (QED) is 0.250. The summed E-state index contributed by atoms with van der Waals surface area (Å²) in [5.41, 5.74) is 6.87. The number of carboxylic acids is 1. The van der Waals surface area contributed by atoms with E-state index in [0.29, 0.717) is 19.5 Å². The molecule has 6 heteroatoms. The molecule has 1 N–H and O–H groups in total. The van der Waals surface area contributed by atoms with Crippen LogP contribution in [-0.4, -0.2) is 25.4 Å². The maximum atomic E-state index is 13.0. The molecular weight excluding hydrogens is 486 g/mol. The van der Waals surface area contributed by atoms with Gasteiger partial charge < -0.3 is 5.11 Å². The molecule has 1 heterocycles. The van der Waals surface area contributed by atoms with E-state index in [1.54, 1.807) is 9.25 Å². The molecule has 0 bridgehead atoms. The molecule has 1 aromatic heterocycles. The van der Waals surface area contributed by atoms with Gasteiger partial charge in [-0.15, -0.1) is 0 Å². The molecule has 0 saturated heterocycles. The highest BCUT2D eigenvalue weighted by Crippen LogP contribution is 2.23. The molecule has 4 aromatic rings. The Morgan fingerprint density at radius 3 is 2.18 bits per heavy atom. The van der Waals surface area contributed by atoms with Gasteiger partial charge in [-0.3, -0.25) is 9.36 Å². The zero-order valence-electron chi connectivity index (χ0n) is 23.5. The second-order valence-electron chi connectivity index (χ2n) is 11.2. The molecule has 204 valence electrons. The molecular formula is C33H39N3O3. The number of aromatic nitrogens is 3. The van der Waals surface area contributed by atoms with E-state index in [2.05, 4.69) is 81.4 Å². The smallest absolute Gasteiger partial charge is 0.346 e. The van der Waals surface area contributed by atoms with E-state index >= 15 is 0 Å². The van der Waals surface area contributed by atoms with Crippen LogP contribution in [0.5, 0.6) is 0 Å². The summed E-state index contributed by atoms with van der Waals surface area (Å²) < 4.78 is 3.37. The van der Waals surface area contributed by atoms with Crippen molar-refractivity contribution in [2.45, 2.75) is 78.3 Å². The van der Waals surface area contributed by atoms with Gasteiger partial charge in [-0.25, -0.2) is 9.48 Å². The van der Waals surface area contributed by atoms with E-state index in [1.807, 2.05) is 19.1 Å². The number of aryl methyl sites for hydroxylation is 3. The Morgan fingerprint density at radius 2 is 1.54 bits per heavy atom.